The average molecular weight is 232 g/mol. The molecule has 0 aromatic carbocycles. The van der Waals surface area contributed by atoms with Crippen molar-refractivity contribution in [1.29, 1.82) is 0 Å². The molecule has 2 rings (SSSR count). The number of carbonyl (C=O) groups is 1. The topological polar surface area (TPSA) is 98.7 Å². The van der Waals surface area contributed by atoms with Gasteiger partial charge in [-0.2, -0.15) is 5.10 Å². The molecule has 2 aromatic heterocycles. The highest BCUT2D eigenvalue weighted by atomic mass is 16.1. The van der Waals surface area contributed by atoms with Gasteiger partial charge in [0.25, 0.3) is 5.91 Å². The van der Waals surface area contributed by atoms with Crippen LogP contribution < -0.4 is 11.1 Å². The van der Waals surface area contributed by atoms with Crippen LogP contribution in [0.25, 0.3) is 0 Å². The molecule has 3 N–H and O–H groups in total. The number of nitrogen functional groups attached to an aromatic ring is 1. The van der Waals surface area contributed by atoms with Gasteiger partial charge in [-0.05, 0) is 6.07 Å². The molecule has 0 aliphatic heterocycles. The van der Waals surface area contributed by atoms with E-state index in [0.717, 1.165) is 5.69 Å². The van der Waals surface area contributed by atoms with Crippen LogP contribution >= 0.6 is 0 Å². The number of hydrogen-bond donors (Lipinski definition) is 2. The molecular weight excluding hydrogens is 220 g/mol. The minimum absolute atomic E-state index is 0.201. The molecule has 0 fully saturated rings. The first kappa shape index (κ1) is 11.1. The quantitative estimate of drug-likeness (QED) is 0.758. The van der Waals surface area contributed by atoms with E-state index in [9.17, 15) is 4.79 Å². The van der Waals surface area contributed by atoms with E-state index >= 15 is 0 Å². The van der Waals surface area contributed by atoms with Gasteiger partial charge in [0.05, 0.1) is 24.6 Å². The van der Waals surface area contributed by atoms with Crippen LogP contribution in [0.3, 0.4) is 0 Å². The van der Waals surface area contributed by atoms with E-state index in [0.29, 0.717) is 6.54 Å². The number of carbonyl (C=O) groups excluding carboxylic acids is 1. The molecule has 2 aromatic rings. The lowest BCUT2D eigenvalue weighted by atomic mass is 10.3. The van der Waals surface area contributed by atoms with E-state index < -0.39 is 0 Å². The predicted molar refractivity (Wildman–Crippen MR) is 60.8 cm³/mol. The second kappa shape index (κ2) is 4.60. The Morgan fingerprint density at radius 3 is 3.00 bits per heavy atom. The number of hydrogen-bond acceptors (Lipinski definition) is 5. The van der Waals surface area contributed by atoms with Gasteiger partial charge in [-0.15, -0.1) is 0 Å². The van der Waals surface area contributed by atoms with Crippen molar-refractivity contribution in [2.75, 3.05) is 5.73 Å². The molecule has 0 unspecified atom stereocenters. The molecule has 0 bridgehead atoms. The zero-order chi connectivity index (χ0) is 12.3. The normalized spacial score (nSPS) is 10.2. The summed E-state index contributed by atoms with van der Waals surface area (Å²) in [5, 5.41) is 6.71. The molecule has 17 heavy (non-hydrogen) atoms. The Hall–Kier alpha value is -2.44. The van der Waals surface area contributed by atoms with Crippen molar-refractivity contribution in [3.8, 4) is 0 Å². The Morgan fingerprint density at radius 2 is 2.35 bits per heavy atom. The first-order valence-corrected chi connectivity index (χ1v) is 4.99. The first-order chi connectivity index (χ1) is 8.16. The third-order valence-electron chi connectivity index (χ3n) is 2.24. The highest BCUT2D eigenvalue weighted by Gasteiger charge is 2.08. The number of nitrogens with two attached hydrogens (primary N) is 1. The molecule has 2 heterocycles. The van der Waals surface area contributed by atoms with Gasteiger partial charge >= 0.3 is 0 Å². The van der Waals surface area contributed by atoms with Crippen LogP contribution in [0.4, 0.5) is 5.82 Å². The maximum Gasteiger partial charge on any atom is 0.271 e. The van der Waals surface area contributed by atoms with E-state index in [1.165, 1.54) is 12.4 Å². The fourth-order valence-electron chi connectivity index (χ4n) is 1.33. The minimum atomic E-state index is -0.314. The van der Waals surface area contributed by atoms with Gasteiger partial charge in [0, 0.05) is 13.2 Å². The molecular formula is C10H12N6O. The number of aromatic nitrogens is 4. The molecule has 0 radical (unpaired) electrons. The van der Waals surface area contributed by atoms with Crippen LogP contribution in [0.15, 0.2) is 24.7 Å². The Labute approximate surface area is 97.7 Å². The number of aryl methyl sites for hydroxylation is 1. The third-order valence-corrected chi connectivity index (χ3v) is 2.24. The summed E-state index contributed by atoms with van der Waals surface area (Å²) in [7, 11) is 1.81. The highest BCUT2D eigenvalue weighted by molar-refractivity contribution is 5.92. The number of anilines is 1. The summed E-state index contributed by atoms with van der Waals surface area (Å²) in [5.74, 6) is -0.0933. The fourth-order valence-corrected chi connectivity index (χ4v) is 1.33. The Bertz CT molecular complexity index is 535. The fraction of sp³-hybridized carbons (Fsp3) is 0.200. The Kier molecular flexibility index (Phi) is 2.99. The van der Waals surface area contributed by atoms with Crippen LogP contribution in [-0.2, 0) is 13.6 Å². The smallest absolute Gasteiger partial charge is 0.271 e. The van der Waals surface area contributed by atoms with Crippen molar-refractivity contribution in [2.45, 2.75) is 6.54 Å². The SMILES string of the molecule is Cn1nccc1CNC(=O)c1cncc(N)n1. The van der Waals surface area contributed by atoms with Gasteiger partial charge in [0.15, 0.2) is 0 Å². The predicted octanol–water partition coefficient (Wildman–Crippen LogP) is -0.278. The van der Waals surface area contributed by atoms with Crippen molar-refractivity contribution >= 4 is 11.7 Å². The lowest BCUT2D eigenvalue weighted by Crippen LogP contribution is -2.25. The summed E-state index contributed by atoms with van der Waals surface area (Å²) < 4.78 is 1.69. The maximum absolute atomic E-state index is 11.7. The summed E-state index contributed by atoms with van der Waals surface area (Å²) in [6.07, 6.45) is 4.43. The average Bonchev–Trinajstić information content (AvgIpc) is 2.72. The molecule has 1 amide bonds. The first-order valence-electron chi connectivity index (χ1n) is 4.99. The van der Waals surface area contributed by atoms with Crippen LogP contribution in [-0.4, -0.2) is 25.7 Å². The summed E-state index contributed by atoms with van der Waals surface area (Å²) in [6.45, 7) is 0.381. The van der Waals surface area contributed by atoms with Crippen molar-refractivity contribution in [3.05, 3.63) is 36.0 Å². The van der Waals surface area contributed by atoms with E-state index in [4.69, 9.17) is 5.73 Å². The summed E-state index contributed by atoms with van der Waals surface area (Å²) >= 11 is 0. The molecule has 7 heteroatoms. The molecule has 0 saturated heterocycles. The lowest BCUT2D eigenvalue weighted by molar-refractivity contribution is 0.0945. The van der Waals surface area contributed by atoms with Gasteiger partial charge in [-0.25, -0.2) is 4.98 Å². The zero-order valence-electron chi connectivity index (χ0n) is 9.29. The number of amides is 1. The van der Waals surface area contributed by atoms with E-state index in [1.54, 1.807) is 10.9 Å². The van der Waals surface area contributed by atoms with Crippen molar-refractivity contribution in [3.63, 3.8) is 0 Å². The highest BCUT2D eigenvalue weighted by Crippen LogP contribution is 1.99. The molecule has 0 saturated carbocycles. The summed E-state index contributed by atoms with van der Waals surface area (Å²) in [4.78, 5) is 19.4. The minimum Gasteiger partial charge on any atom is -0.382 e. The summed E-state index contributed by atoms with van der Waals surface area (Å²) in [6, 6.07) is 1.82. The monoisotopic (exact) mass is 232 g/mol. The second-order valence-electron chi connectivity index (χ2n) is 3.46. The number of nitrogens with zero attached hydrogens (tertiary/aromatic N) is 4. The molecule has 0 spiro atoms. The summed E-state index contributed by atoms with van der Waals surface area (Å²) in [5.41, 5.74) is 6.54. The van der Waals surface area contributed by atoms with Crippen LogP contribution in [0.1, 0.15) is 16.2 Å². The largest absolute Gasteiger partial charge is 0.382 e. The standard InChI is InChI=1S/C10H12N6O/c1-16-7(2-3-14-16)4-13-10(17)8-5-12-6-9(11)15-8/h2-3,5-6H,4H2,1H3,(H2,11,15)(H,13,17). The molecule has 88 valence electrons. The van der Waals surface area contributed by atoms with E-state index in [2.05, 4.69) is 20.4 Å². The Morgan fingerprint density at radius 1 is 1.53 bits per heavy atom. The van der Waals surface area contributed by atoms with Crippen molar-refractivity contribution < 1.29 is 4.79 Å². The van der Waals surface area contributed by atoms with Crippen molar-refractivity contribution in [1.82, 2.24) is 25.1 Å². The van der Waals surface area contributed by atoms with E-state index in [1.807, 2.05) is 13.1 Å². The molecule has 0 atom stereocenters. The molecule has 0 aliphatic rings. The van der Waals surface area contributed by atoms with Gasteiger partial charge in [-0.3, -0.25) is 14.5 Å². The van der Waals surface area contributed by atoms with Gasteiger partial charge < -0.3 is 11.1 Å². The second-order valence-corrected chi connectivity index (χ2v) is 3.46. The maximum atomic E-state index is 11.7. The lowest BCUT2D eigenvalue weighted by Gasteiger charge is -2.05. The van der Waals surface area contributed by atoms with Crippen LogP contribution in [0.2, 0.25) is 0 Å². The molecule has 0 aliphatic carbocycles. The van der Waals surface area contributed by atoms with Crippen molar-refractivity contribution in [2.24, 2.45) is 7.05 Å². The van der Waals surface area contributed by atoms with E-state index in [-0.39, 0.29) is 17.4 Å². The van der Waals surface area contributed by atoms with Crippen LogP contribution in [0, 0.1) is 0 Å². The number of rotatable bonds is 3. The number of nitrogens with one attached hydrogen (secondary N) is 1. The van der Waals surface area contributed by atoms with Gasteiger partial charge in [-0.1, -0.05) is 0 Å². The Balaban J connectivity index is 2.01. The van der Waals surface area contributed by atoms with Crippen LogP contribution in [0.5, 0.6) is 0 Å². The van der Waals surface area contributed by atoms with Gasteiger partial charge in [0.2, 0.25) is 0 Å². The van der Waals surface area contributed by atoms with Gasteiger partial charge in [0.1, 0.15) is 11.5 Å². The zero-order valence-corrected chi connectivity index (χ0v) is 9.29. The third kappa shape index (κ3) is 2.57. The molecule has 7 nitrogen and oxygen atoms in total.